The monoisotopic (exact) mass is 774 g/mol. The average Bonchev–Trinajstić information content (AvgIpc) is 3.57. The SMILES string of the molecule is CCCCC1=Cc2c(ccc(CCC)c2-c2cc([Si](C)(C)C)cc([Si](C)(C)C)c2)[CH]1[Zr]([Cl])([Cl])[c]1cccc2c1[SiH2]c1ccccc1-2. The molecule has 0 saturated heterocycles. The molecule has 0 amide bonds. The van der Waals surface area contributed by atoms with Crippen LogP contribution in [0.3, 0.4) is 0 Å². The molecule has 0 bridgehead atoms. The number of hydrogen-bond donors (Lipinski definition) is 0. The third-order valence-corrected chi connectivity index (χ3v) is 28.6. The molecule has 0 N–H and O–H groups in total. The number of hydrogen-bond acceptors (Lipinski definition) is 0. The van der Waals surface area contributed by atoms with Crippen LogP contribution in [0.2, 0.25) is 39.3 Å². The van der Waals surface area contributed by atoms with Crippen LogP contribution in [0.4, 0.5) is 0 Å². The molecule has 4 aromatic rings. The van der Waals surface area contributed by atoms with E-state index in [2.05, 4.69) is 132 Å². The van der Waals surface area contributed by atoms with Crippen molar-refractivity contribution in [3.8, 4) is 22.3 Å². The number of aryl methyl sites for hydroxylation is 1. The summed E-state index contributed by atoms with van der Waals surface area (Å²) in [7, 11) is 12.3. The van der Waals surface area contributed by atoms with Crippen LogP contribution in [0.15, 0.2) is 78.4 Å². The number of benzene rings is 4. The molecule has 2 aliphatic rings. The first-order chi connectivity index (χ1) is 21.8. The van der Waals surface area contributed by atoms with Crippen molar-refractivity contribution in [2.24, 2.45) is 0 Å². The van der Waals surface area contributed by atoms with Crippen LogP contribution in [0.5, 0.6) is 0 Å². The zero-order valence-corrected chi connectivity index (χ0v) is 36.5. The van der Waals surface area contributed by atoms with Gasteiger partial charge in [-0.1, -0.05) is 0 Å². The van der Waals surface area contributed by atoms with Gasteiger partial charge < -0.3 is 0 Å². The summed E-state index contributed by atoms with van der Waals surface area (Å²) in [6.07, 6.45) is 8.18. The normalized spacial score (nSPS) is 16.4. The Morgan fingerprint density at radius 2 is 1.41 bits per heavy atom. The predicted octanol–water partition coefficient (Wildman–Crippen LogP) is 8.91. The number of fused-ring (bicyclic) bond motifs is 4. The molecule has 4 aromatic carbocycles. The van der Waals surface area contributed by atoms with Gasteiger partial charge in [0, 0.05) is 0 Å². The summed E-state index contributed by atoms with van der Waals surface area (Å²) in [6, 6.07) is 28.4. The van der Waals surface area contributed by atoms with E-state index in [0.717, 1.165) is 19.3 Å². The van der Waals surface area contributed by atoms with E-state index >= 15 is 0 Å². The van der Waals surface area contributed by atoms with Crippen molar-refractivity contribution in [1.82, 2.24) is 0 Å². The second-order valence-electron chi connectivity index (χ2n) is 15.7. The van der Waals surface area contributed by atoms with Gasteiger partial charge in [-0.15, -0.1) is 0 Å². The molecule has 1 atom stereocenters. The summed E-state index contributed by atoms with van der Waals surface area (Å²) in [5.41, 5.74) is 11.4. The standard InChI is InChI=1S/C28H41Si2.C12H9Si.2ClH.Zr/c1-9-11-13-21-16-23-15-14-22(12-10-2)28(27(23)17-21)24-18-25(29(3,4)5)20-26(19-24)30(6,7)8;1-3-7-11-9(5-1)10-6-2-4-8-12(10)13-11;;;/h14-20H,9-13H2,1-8H3;1-7H,13H2;2*1H;/q;;;;+2/p-2. The second kappa shape index (κ2) is 13.2. The molecule has 1 aliphatic carbocycles. The molecule has 6 rings (SSSR count). The summed E-state index contributed by atoms with van der Waals surface area (Å²) in [4.78, 5) is 0. The maximum atomic E-state index is 8.03. The van der Waals surface area contributed by atoms with Crippen molar-refractivity contribution < 1.29 is 17.9 Å². The molecule has 0 fully saturated rings. The summed E-state index contributed by atoms with van der Waals surface area (Å²) >= 11 is -4.03. The first-order valence-corrected chi connectivity index (χ1v) is 34.8. The predicted molar refractivity (Wildman–Crippen MR) is 213 cm³/mol. The Labute approximate surface area is 294 Å². The van der Waals surface area contributed by atoms with E-state index in [1.165, 1.54) is 71.0 Å². The fraction of sp³-hybridized carbons (Fsp3) is 0.350. The molecule has 1 unspecified atom stereocenters. The van der Waals surface area contributed by atoms with Crippen LogP contribution in [0.1, 0.15) is 59.8 Å². The Morgan fingerprint density at radius 3 is 2.07 bits per heavy atom. The summed E-state index contributed by atoms with van der Waals surface area (Å²) < 4.78 is 1.47. The van der Waals surface area contributed by atoms with Crippen LogP contribution < -0.4 is 24.0 Å². The number of halogens is 2. The summed E-state index contributed by atoms with van der Waals surface area (Å²) in [5.74, 6) is 0. The second-order valence-corrected chi connectivity index (χ2v) is 41.7. The van der Waals surface area contributed by atoms with Crippen LogP contribution in [0.25, 0.3) is 28.3 Å². The van der Waals surface area contributed by atoms with Gasteiger partial charge >= 0.3 is 297 Å². The van der Waals surface area contributed by atoms with E-state index in [1.807, 2.05) is 0 Å². The molecule has 0 nitrogen and oxygen atoms in total. The molecule has 0 radical (unpaired) electrons. The fourth-order valence-electron chi connectivity index (χ4n) is 7.66. The van der Waals surface area contributed by atoms with E-state index in [4.69, 9.17) is 17.0 Å². The first-order valence-electron chi connectivity index (χ1n) is 17.4. The molecule has 0 spiro atoms. The van der Waals surface area contributed by atoms with E-state index in [0.29, 0.717) is 0 Å². The third-order valence-electron chi connectivity index (χ3n) is 10.2. The quantitative estimate of drug-likeness (QED) is 0.124. The Kier molecular flexibility index (Phi) is 9.94. The van der Waals surface area contributed by atoms with Gasteiger partial charge in [-0.25, -0.2) is 0 Å². The van der Waals surface area contributed by atoms with Gasteiger partial charge in [-0.2, -0.15) is 0 Å². The summed E-state index contributed by atoms with van der Waals surface area (Å²) in [5, 5.41) is 6.18. The maximum absolute atomic E-state index is 8.03. The van der Waals surface area contributed by atoms with Gasteiger partial charge in [0.2, 0.25) is 0 Å². The molecule has 46 heavy (non-hydrogen) atoms. The molecule has 6 heteroatoms. The van der Waals surface area contributed by atoms with Crippen LogP contribution in [-0.4, -0.2) is 25.7 Å². The average molecular weight is 777 g/mol. The number of unbranched alkanes of at least 4 members (excludes halogenated alkanes) is 1. The molecule has 1 aliphatic heterocycles. The minimum absolute atomic E-state index is 0.134. The summed E-state index contributed by atoms with van der Waals surface area (Å²) in [6.45, 7) is 19.6. The number of allylic oxidation sites excluding steroid dienone is 1. The fourth-order valence-corrected chi connectivity index (χ4v) is 27.0. The molecule has 240 valence electrons. The Bertz CT molecular complexity index is 1800. The van der Waals surface area contributed by atoms with Gasteiger partial charge in [-0.3, -0.25) is 0 Å². The van der Waals surface area contributed by atoms with Crippen molar-refractivity contribution in [3.63, 3.8) is 0 Å². The van der Waals surface area contributed by atoms with Gasteiger partial charge in [0.05, 0.1) is 0 Å². The van der Waals surface area contributed by atoms with E-state index in [-0.39, 0.29) is 3.63 Å². The zero-order chi connectivity index (χ0) is 33.0. The van der Waals surface area contributed by atoms with Gasteiger partial charge in [0.15, 0.2) is 0 Å². The first kappa shape index (κ1) is 34.6. The Hall–Kier alpha value is -1.27. The van der Waals surface area contributed by atoms with Crippen molar-refractivity contribution >= 4 is 72.8 Å². The van der Waals surface area contributed by atoms with Crippen molar-refractivity contribution in [2.45, 2.75) is 88.9 Å². The molecule has 0 saturated carbocycles. The zero-order valence-electron chi connectivity index (χ0n) is 29.1. The topological polar surface area (TPSA) is 0 Å². The Balaban J connectivity index is 1.57. The van der Waals surface area contributed by atoms with Crippen molar-refractivity contribution in [3.05, 3.63) is 95.1 Å². The molecule has 1 heterocycles. The van der Waals surface area contributed by atoms with E-state index < -0.39 is 43.5 Å². The number of rotatable bonds is 10. The van der Waals surface area contributed by atoms with Crippen molar-refractivity contribution in [1.29, 1.82) is 0 Å². The van der Waals surface area contributed by atoms with Gasteiger partial charge in [0.25, 0.3) is 0 Å². The molecular weight excluding hydrogens is 727 g/mol. The minimum atomic E-state index is -4.03. The van der Waals surface area contributed by atoms with Gasteiger partial charge in [0.1, 0.15) is 0 Å². The van der Waals surface area contributed by atoms with Gasteiger partial charge in [-0.05, 0) is 0 Å². The van der Waals surface area contributed by atoms with Crippen molar-refractivity contribution in [2.75, 3.05) is 0 Å². The van der Waals surface area contributed by atoms with Crippen LogP contribution >= 0.6 is 17.0 Å². The Morgan fingerprint density at radius 1 is 0.739 bits per heavy atom. The van der Waals surface area contributed by atoms with Crippen LogP contribution in [0, 0.1) is 0 Å². The van der Waals surface area contributed by atoms with E-state index in [1.54, 1.807) is 10.4 Å². The molecule has 0 aromatic heterocycles. The molecular formula is C40H50Cl2Si3Zr. The third kappa shape index (κ3) is 6.41. The van der Waals surface area contributed by atoms with Crippen LogP contribution in [-0.2, 0) is 24.3 Å². The van der Waals surface area contributed by atoms with E-state index in [9.17, 15) is 0 Å².